The fourth-order valence-electron chi connectivity index (χ4n) is 1.13. The van der Waals surface area contributed by atoms with E-state index in [4.69, 9.17) is 69.6 Å². The van der Waals surface area contributed by atoms with Gasteiger partial charge in [-0.2, -0.15) is 0 Å². The van der Waals surface area contributed by atoms with Crippen molar-refractivity contribution in [2.24, 2.45) is 0 Å². The predicted octanol–water partition coefficient (Wildman–Crippen LogP) is 3.59. The van der Waals surface area contributed by atoms with E-state index in [-0.39, 0.29) is 21.2 Å². The monoisotopic (exact) mass is 525 g/mol. The van der Waals surface area contributed by atoms with Crippen molar-refractivity contribution in [3.05, 3.63) is 39.8 Å². The van der Waals surface area contributed by atoms with Gasteiger partial charge in [0.25, 0.3) is 0 Å². The predicted molar refractivity (Wildman–Crippen MR) is 84.5 cm³/mol. The first kappa shape index (κ1) is 17.2. The first-order valence-corrected chi connectivity index (χ1v) is 10.7. The van der Waals surface area contributed by atoms with Gasteiger partial charge in [0, 0.05) is 12.1 Å². The van der Waals surface area contributed by atoms with Crippen LogP contribution in [0.15, 0.2) is 24.3 Å². The van der Waals surface area contributed by atoms with Crippen molar-refractivity contribution in [2.45, 2.75) is 7.59 Å². The molecule has 0 aliphatic rings. The van der Waals surface area contributed by atoms with Crippen molar-refractivity contribution in [2.75, 3.05) is 0 Å². The molecule has 0 aromatic carbocycles. The maximum Gasteiger partial charge on any atom is 0.381 e. The lowest BCUT2D eigenvalue weighted by Crippen LogP contribution is -3.61. The van der Waals surface area contributed by atoms with Gasteiger partial charge in [0.15, 0.2) is 0 Å². The maximum absolute atomic E-state index is 5.84. The van der Waals surface area contributed by atoms with Gasteiger partial charge in [0.05, 0.1) is 9.75 Å². The molecule has 2 rings (SSSR count). The van der Waals surface area contributed by atoms with E-state index in [0.717, 1.165) is 9.75 Å². The van der Waals surface area contributed by atoms with Crippen LogP contribution in [-0.4, -0.2) is 0 Å². The summed E-state index contributed by atoms with van der Waals surface area (Å²) >= 11 is 37.7. The average Bonchev–Trinajstić information content (AvgIpc) is 2.84. The molecule has 0 aliphatic carbocycles. The van der Waals surface area contributed by atoms with E-state index in [2.05, 4.69) is 0 Å². The van der Waals surface area contributed by atoms with Crippen LogP contribution in [0.4, 0.5) is 0 Å². The Morgan fingerprint density at radius 3 is 1.32 bits per heavy atom. The summed E-state index contributed by atoms with van der Waals surface area (Å²) in [7, 11) is 0. The van der Waals surface area contributed by atoms with Crippen LogP contribution in [0.1, 0.15) is 9.75 Å². The van der Waals surface area contributed by atoms with Crippen molar-refractivity contribution in [3.63, 3.8) is 0 Å². The fourth-order valence-corrected chi connectivity index (χ4v) is 8.24. The molecule has 0 spiro atoms. The zero-order chi connectivity index (χ0) is 14.3. The highest BCUT2D eigenvalue weighted by Gasteiger charge is 2.31. The molecule has 0 nitrogen and oxygen atoms in total. The van der Waals surface area contributed by atoms with Gasteiger partial charge in [-0.25, -0.2) is 0 Å². The lowest BCUT2D eigenvalue weighted by molar-refractivity contribution is -0.585. The topological polar surface area (TPSA) is 0 Å². The van der Waals surface area contributed by atoms with Crippen LogP contribution in [0.2, 0.25) is 0 Å². The molecule has 0 saturated heterocycles. The van der Waals surface area contributed by atoms with Gasteiger partial charge in [0.1, 0.15) is 0 Å². The van der Waals surface area contributed by atoms with Crippen LogP contribution >= 0.6 is 92.3 Å². The quantitative estimate of drug-likeness (QED) is 0.414. The minimum absolute atomic E-state index is 0.341. The molecule has 0 atom stereocenters. The molecule has 9 heteroatoms. The number of hydrogen-bond acceptors (Lipinski definition) is 2. The number of alkyl halides is 6. The van der Waals surface area contributed by atoms with Gasteiger partial charge in [-0.1, -0.05) is 92.3 Å². The Labute approximate surface area is 159 Å². The fraction of sp³-hybridized carbons (Fsp3) is 0.200. The minimum atomic E-state index is -1.36. The molecule has 104 valence electrons. The summed E-state index contributed by atoms with van der Waals surface area (Å²) in [6.45, 7) is 0. The number of hydrogen-bond donors (Lipinski definition) is 0. The highest BCUT2D eigenvalue weighted by atomic mass is 127. The molecule has 2 aromatic rings. The zero-order valence-electron chi connectivity index (χ0n) is 8.77. The van der Waals surface area contributed by atoms with Crippen LogP contribution in [0.25, 0.3) is 0 Å². The molecule has 0 amide bonds. The van der Waals surface area contributed by atoms with Crippen molar-refractivity contribution in [1.29, 1.82) is 0 Å². The van der Waals surface area contributed by atoms with Crippen LogP contribution in [0, 0.1) is 5.77 Å². The lowest BCUT2D eigenvalue weighted by atomic mass is 10.5. The molecule has 0 radical (unpaired) electrons. The number of thiophene rings is 2. The Balaban J connectivity index is 2.14. The number of rotatable bonds is 2. The molecular formula is C10H4Cl6IS2+. The van der Waals surface area contributed by atoms with Gasteiger partial charge < -0.3 is 0 Å². The first-order chi connectivity index (χ1) is 8.66. The van der Waals surface area contributed by atoms with Gasteiger partial charge in [-0.15, -0.1) is 0 Å². The molecule has 0 N–H and O–H groups in total. The van der Waals surface area contributed by atoms with E-state index in [1.165, 1.54) is 28.4 Å². The number of halogens is 7. The second-order valence-corrected chi connectivity index (χ2v) is 14.4. The minimum Gasteiger partial charge on any atom is -0.0882 e. The SMILES string of the molecule is ClC(Cl)(Cl)c1ccc([I+]c2ccc(C(Cl)(Cl)Cl)s2)s1. The highest BCUT2D eigenvalue weighted by Crippen LogP contribution is 2.41. The summed E-state index contributed by atoms with van der Waals surface area (Å²) in [5, 5.41) is 0. The molecule has 0 unspecified atom stereocenters. The van der Waals surface area contributed by atoms with E-state index >= 15 is 0 Å². The van der Waals surface area contributed by atoms with Crippen LogP contribution < -0.4 is 21.2 Å². The Hall–Kier alpha value is 1.87. The first-order valence-electron chi connectivity index (χ1n) is 4.65. The summed E-state index contributed by atoms with van der Waals surface area (Å²) in [5.41, 5.74) is 0. The molecule has 0 bridgehead atoms. The molecule has 0 saturated carbocycles. The Morgan fingerprint density at radius 1 is 0.684 bits per heavy atom. The van der Waals surface area contributed by atoms with Gasteiger partial charge in [-0.3, -0.25) is 0 Å². The van der Waals surface area contributed by atoms with Crippen molar-refractivity contribution >= 4 is 92.3 Å². The van der Waals surface area contributed by atoms with E-state index in [9.17, 15) is 0 Å². The summed E-state index contributed by atoms with van der Waals surface area (Å²) in [4.78, 5) is 1.45. The van der Waals surface area contributed by atoms with Crippen molar-refractivity contribution in [1.82, 2.24) is 0 Å². The van der Waals surface area contributed by atoms with Crippen molar-refractivity contribution in [3.8, 4) is 0 Å². The summed E-state index contributed by atoms with van der Waals surface area (Å²) < 4.78 is -0.300. The summed E-state index contributed by atoms with van der Waals surface area (Å²) in [6.07, 6.45) is 0. The van der Waals surface area contributed by atoms with Gasteiger partial charge in [0.2, 0.25) is 13.4 Å². The largest absolute Gasteiger partial charge is 0.381 e. The Bertz CT molecular complexity index is 515. The second-order valence-electron chi connectivity index (χ2n) is 3.30. The Morgan fingerprint density at radius 2 is 1.05 bits per heavy atom. The normalized spacial score (nSPS) is 12.9. The van der Waals surface area contributed by atoms with Gasteiger partial charge >= 0.3 is 21.2 Å². The lowest BCUT2D eigenvalue weighted by Gasteiger charge is -2.05. The molecule has 0 aliphatic heterocycles. The van der Waals surface area contributed by atoms with Crippen LogP contribution in [0.3, 0.4) is 0 Å². The van der Waals surface area contributed by atoms with E-state index < -0.39 is 7.59 Å². The molecule has 19 heavy (non-hydrogen) atoms. The summed E-state index contributed by atoms with van der Waals surface area (Å²) in [6, 6.07) is 7.67. The third kappa shape index (κ3) is 4.93. The van der Waals surface area contributed by atoms with Crippen LogP contribution in [-0.2, 0) is 7.59 Å². The van der Waals surface area contributed by atoms with E-state index in [0.29, 0.717) is 0 Å². The third-order valence-corrected chi connectivity index (χ3v) is 9.91. The van der Waals surface area contributed by atoms with Gasteiger partial charge in [-0.05, 0) is 12.1 Å². The van der Waals surface area contributed by atoms with Crippen LogP contribution in [0.5, 0.6) is 0 Å². The molecule has 2 heterocycles. The second kappa shape index (κ2) is 6.55. The average molecular weight is 528 g/mol. The van der Waals surface area contributed by atoms with Crippen molar-refractivity contribution < 1.29 is 21.2 Å². The molecule has 0 fully saturated rings. The van der Waals surface area contributed by atoms with E-state index in [1.54, 1.807) is 0 Å². The molecule has 2 aromatic heterocycles. The standard InChI is InChI=1S/C10H4Cl6IS2/c11-9(12,13)5-1-3-7(18-5)17-8-4-2-6(19-8)10(14,15)16/h1-4H/q+1. The highest BCUT2D eigenvalue weighted by molar-refractivity contribution is 7.12. The third-order valence-electron chi connectivity index (χ3n) is 1.89. The zero-order valence-corrected chi connectivity index (χ0v) is 17.1. The van der Waals surface area contributed by atoms with E-state index in [1.807, 2.05) is 24.3 Å². The Kier molecular flexibility index (Phi) is 5.94. The molecular weight excluding hydrogens is 524 g/mol. The smallest absolute Gasteiger partial charge is 0.0882 e. The maximum atomic E-state index is 5.84. The summed E-state index contributed by atoms with van der Waals surface area (Å²) in [5.74, 6) is 0.